The molecule has 2 aromatic heterocycles. The fourth-order valence-electron chi connectivity index (χ4n) is 6.13. The number of alkyl halides is 3. The quantitative estimate of drug-likeness (QED) is 0.250. The first kappa shape index (κ1) is 30.4. The molecule has 0 amide bonds. The van der Waals surface area contributed by atoms with Crippen molar-refractivity contribution in [3.8, 4) is 22.5 Å². The highest BCUT2D eigenvalue weighted by molar-refractivity contribution is 7.93. The van der Waals surface area contributed by atoms with Gasteiger partial charge < -0.3 is 4.90 Å². The number of benzene rings is 2. The minimum absolute atomic E-state index is 0.0120. The Morgan fingerprint density at radius 2 is 1.66 bits per heavy atom. The Morgan fingerprint density at radius 3 is 2.34 bits per heavy atom. The molecule has 2 aliphatic heterocycles. The molecule has 0 unspecified atom stereocenters. The summed E-state index contributed by atoms with van der Waals surface area (Å²) >= 11 is 6.15. The van der Waals surface area contributed by atoms with E-state index in [1.807, 2.05) is 30.0 Å². The van der Waals surface area contributed by atoms with E-state index in [0.717, 1.165) is 17.2 Å². The molecule has 0 aliphatic carbocycles. The lowest BCUT2D eigenvalue weighted by molar-refractivity contribution is -0.137. The van der Waals surface area contributed by atoms with E-state index in [2.05, 4.69) is 9.88 Å². The summed E-state index contributed by atoms with van der Waals surface area (Å²) in [5, 5.41) is 5.39. The fraction of sp³-hybridized carbons (Fsp3) is 0.355. The summed E-state index contributed by atoms with van der Waals surface area (Å²) in [5.41, 5.74) is 4.36. The monoisotopic (exact) mass is 644 g/mol. The molecule has 0 spiro atoms. The molecule has 0 N–H and O–H groups in total. The van der Waals surface area contributed by atoms with Crippen LogP contribution in [0.15, 0.2) is 59.6 Å². The lowest BCUT2D eigenvalue weighted by Gasteiger charge is -2.37. The number of sulfonamides is 1. The summed E-state index contributed by atoms with van der Waals surface area (Å²) in [6.07, 6.45) is -3.85. The average Bonchev–Trinajstić information content (AvgIpc) is 3.31. The molecule has 0 atom stereocenters. The van der Waals surface area contributed by atoms with E-state index >= 15 is 0 Å². The Hall–Kier alpha value is -3.61. The number of hydrogen-bond acceptors (Lipinski definition) is 6. The number of rotatable bonds is 6. The SMILES string of the molecule is Cc1cc(C)c2c(n1)S(=O)(=O)N(CCCN1CCN(c3cccc(C(F)(F)F)c3)CC1)c1c-2nn(C)c1-c1ccc(Cl)cc1. The summed E-state index contributed by atoms with van der Waals surface area (Å²) in [6, 6.07) is 14.5. The number of halogens is 4. The van der Waals surface area contributed by atoms with Crippen molar-refractivity contribution >= 4 is 33.0 Å². The average molecular weight is 645 g/mol. The van der Waals surface area contributed by atoms with Crippen molar-refractivity contribution in [1.29, 1.82) is 0 Å². The molecule has 232 valence electrons. The summed E-state index contributed by atoms with van der Waals surface area (Å²) in [5.74, 6) is 0. The van der Waals surface area contributed by atoms with Gasteiger partial charge in [-0.25, -0.2) is 4.98 Å². The summed E-state index contributed by atoms with van der Waals surface area (Å²) in [6.45, 7) is 6.95. The number of pyridine rings is 1. The molecule has 4 aromatic rings. The largest absolute Gasteiger partial charge is 0.416 e. The predicted molar refractivity (Wildman–Crippen MR) is 166 cm³/mol. The summed E-state index contributed by atoms with van der Waals surface area (Å²) in [4.78, 5) is 8.64. The van der Waals surface area contributed by atoms with Crippen molar-refractivity contribution in [2.45, 2.75) is 31.5 Å². The number of fused-ring (bicyclic) bond motifs is 3. The van der Waals surface area contributed by atoms with Crippen molar-refractivity contribution < 1.29 is 21.6 Å². The van der Waals surface area contributed by atoms with Gasteiger partial charge in [0.05, 0.1) is 11.3 Å². The Morgan fingerprint density at radius 1 is 0.955 bits per heavy atom. The molecular formula is C31H32ClF3N6O2S. The van der Waals surface area contributed by atoms with Crippen LogP contribution in [0.5, 0.6) is 0 Å². The molecule has 6 rings (SSSR count). The third kappa shape index (κ3) is 5.54. The predicted octanol–water partition coefficient (Wildman–Crippen LogP) is 6.16. The first-order valence-corrected chi connectivity index (χ1v) is 16.2. The van der Waals surface area contributed by atoms with Crippen molar-refractivity contribution in [3.05, 3.63) is 76.4 Å². The van der Waals surface area contributed by atoms with E-state index in [-0.39, 0.29) is 11.6 Å². The van der Waals surface area contributed by atoms with E-state index in [0.29, 0.717) is 78.2 Å². The van der Waals surface area contributed by atoms with Crippen LogP contribution in [-0.2, 0) is 23.2 Å². The van der Waals surface area contributed by atoms with Gasteiger partial charge in [-0.05, 0) is 62.2 Å². The minimum Gasteiger partial charge on any atom is -0.369 e. The van der Waals surface area contributed by atoms with Crippen molar-refractivity contribution in [2.75, 3.05) is 48.5 Å². The van der Waals surface area contributed by atoms with Gasteiger partial charge in [0.25, 0.3) is 10.0 Å². The molecule has 0 bridgehead atoms. The third-order valence-corrected chi connectivity index (χ3v) is 10.2. The van der Waals surface area contributed by atoms with Gasteiger partial charge in [0.2, 0.25) is 0 Å². The maximum atomic E-state index is 14.2. The maximum Gasteiger partial charge on any atom is 0.416 e. The number of nitrogens with zero attached hydrogens (tertiary/aromatic N) is 6. The Kier molecular flexibility index (Phi) is 7.87. The van der Waals surface area contributed by atoms with Crippen LogP contribution >= 0.6 is 11.6 Å². The van der Waals surface area contributed by atoms with Crippen LogP contribution in [0.3, 0.4) is 0 Å². The van der Waals surface area contributed by atoms with Gasteiger partial charge >= 0.3 is 6.18 Å². The highest BCUT2D eigenvalue weighted by Crippen LogP contribution is 2.48. The smallest absolute Gasteiger partial charge is 0.369 e. The lowest BCUT2D eigenvalue weighted by Crippen LogP contribution is -2.47. The van der Waals surface area contributed by atoms with Crippen LogP contribution in [0, 0.1) is 13.8 Å². The molecular weight excluding hydrogens is 613 g/mol. The molecule has 0 radical (unpaired) electrons. The first-order chi connectivity index (χ1) is 20.8. The lowest BCUT2D eigenvalue weighted by atomic mass is 10.0. The van der Waals surface area contributed by atoms with Crippen molar-refractivity contribution in [2.24, 2.45) is 7.05 Å². The van der Waals surface area contributed by atoms with Crippen LogP contribution in [-0.4, -0.2) is 67.4 Å². The molecule has 2 aliphatic rings. The van der Waals surface area contributed by atoms with E-state index < -0.39 is 21.8 Å². The van der Waals surface area contributed by atoms with Gasteiger partial charge in [-0.1, -0.05) is 29.8 Å². The Balaban J connectivity index is 1.24. The van der Waals surface area contributed by atoms with Gasteiger partial charge in [0, 0.05) is 73.8 Å². The standard InChI is InChI=1S/C31H32ClF3N6O2S/c1-20-18-21(2)36-30-26(20)27-29(28(38(3)37-27)22-8-10-24(32)11-9-22)41(44(30,42)43)13-5-12-39-14-16-40(17-15-39)25-7-4-6-23(19-25)31(33,34)35/h4,6-11,18-19H,5,12-17H2,1-3H3. The Labute approximate surface area is 259 Å². The zero-order valence-corrected chi connectivity index (χ0v) is 26.1. The maximum absolute atomic E-state index is 14.2. The highest BCUT2D eigenvalue weighted by Gasteiger charge is 2.42. The molecule has 1 fully saturated rings. The van der Waals surface area contributed by atoms with E-state index in [1.54, 1.807) is 36.9 Å². The Bertz CT molecular complexity index is 1820. The molecule has 0 saturated carbocycles. The minimum atomic E-state index is -4.39. The molecule has 2 aromatic carbocycles. The number of hydrogen-bond donors (Lipinski definition) is 0. The third-order valence-electron chi connectivity index (χ3n) is 8.22. The molecule has 44 heavy (non-hydrogen) atoms. The second-order valence-electron chi connectivity index (χ2n) is 11.2. The molecule has 1 saturated heterocycles. The molecule has 13 heteroatoms. The number of aromatic nitrogens is 3. The number of aryl methyl sites for hydroxylation is 3. The number of piperazine rings is 1. The molecule has 8 nitrogen and oxygen atoms in total. The second kappa shape index (κ2) is 11.4. The van der Waals surface area contributed by atoms with Crippen LogP contribution < -0.4 is 9.21 Å². The van der Waals surface area contributed by atoms with Crippen LogP contribution in [0.2, 0.25) is 5.02 Å². The summed E-state index contributed by atoms with van der Waals surface area (Å²) < 4.78 is 71.2. The van der Waals surface area contributed by atoms with Crippen LogP contribution in [0.25, 0.3) is 22.5 Å². The van der Waals surface area contributed by atoms with Gasteiger partial charge in [0.1, 0.15) is 11.4 Å². The van der Waals surface area contributed by atoms with Gasteiger partial charge in [-0.2, -0.15) is 26.7 Å². The highest BCUT2D eigenvalue weighted by atomic mass is 35.5. The van der Waals surface area contributed by atoms with E-state index in [1.165, 1.54) is 16.4 Å². The van der Waals surface area contributed by atoms with Crippen LogP contribution in [0.4, 0.5) is 24.5 Å². The zero-order valence-electron chi connectivity index (χ0n) is 24.6. The summed E-state index contributed by atoms with van der Waals surface area (Å²) in [7, 11) is -2.21. The zero-order chi connectivity index (χ0) is 31.4. The fourth-order valence-corrected chi connectivity index (χ4v) is 8.02. The normalized spacial score (nSPS) is 16.6. The first-order valence-electron chi connectivity index (χ1n) is 14.3. The van der Waals surface area contributed by atoms with Crippen molar-refractivity contribution in [1.82, 2.24) is 19.7 Å². The van der Waals surface area contributed by atoms with Gasteiger partial charge in [-0.3, -0.25) is 13.9 Å². The second-order valence-corrected chi connectivity index (χ2v) is 13.5. The van der Waals surface area contributed by atoms with Gasteiger partial charge in [0.15, 0.2) is 5.03 Å². The van der Waals surface area contributed by atoms with Crippen molar-refractivity contribution in [3.63, 3.8) is 0 Å². The van der Waals surface area contributed by atoms with E-state index in [9.17, 15) is 21.6 Å². The topological polar surface area (TPSA) is 74.6 Å². The van der Waals surface area contributed by atoms with E-state index in [4.69, 9.17) is 16.7 Å². The van der Waals surface area contributed by atoms with Crippen LogP contribution in [0.1, 0.15) is 23.2 Å². The molecule has 4 heterocycles. The van der Waals surface area contributed by atoms with Gasteiger partial charge in [-0.15, -0.1) is 0 Å². The number of anilines is 2.